The van der Waals surface area contributed by atoms with E-state index >= 15 is 0 Å². The lowest BCUT2D eigenvalue weighted by atomic mass is 9.88. The third-order valence-electron chi connectivity index (χ3n) is 6.11. The number of benzene rings is 2. The van der Waals surface area contributed by atoms with Gasteiger partial charge in [0.05, 0.1) is 0 Å². The largest absolute Gasteiger partial charge is 0.417 e. The molecule has 0 aliphatic rings. The van der Waals surface area contributed by atoms with E-state index in [4.69, 9.17) is 4.43 Å². The van der Waals surface area contributed by atoms with Gasteiger partial charge in [0.15, 0.2) is 8.32 Å². The molecule has 0 amide bonds. The molecule has 0 aliphatic heterocycles. The number of hydrogen-bond acceptors (Lipinski definition) is 1. The minimum absolute atomic E-state index is 0.301. The van der Waals surface area contributed by atoms with Gasteiger partial charge in [-0.3, -0.25) is 0 Å². The van der Waals surface area contributed by atoms with Crippen molar-refractivity contribution in [2.24, 2.45) is 0 Å². The molecule has 0 fully saturated rings. The molecule has 0 aromatic heterocycles. The normalized spacial score (nSPS) is 13.5. The van der Waals surface area contributed by atoms with Crippen LogP contribution in [0.25, 0.3) is 0 Å². The molecule has 2 aromatic carbocycles. The highest BCUT2D eigenvalue weighted by Gasteiger charge is 2.36. The predicted octanol–water partition coefficient (Wildman–Crippen LogP) is 7.60. The first-order valence-electron chi connectivity index (χ1n) is 10.5. The highest BCUT2D eigenvalue weighted by Crippen LogP contribution is 2.36. The maximum atomic E-state index is 6.35. The first-order chi connectivity index (χ1) is 12.8. The molecule has 2 rings (SSSR count). The van der Waals surface area contributed by atoms with Gasteiger partial charge in [0.2, 0.25) is 0 Å². The second kappa shape index (κ2) is 10.2. The molecule has 0 radical (unpaired) electrons. The fourth-order valence-electron chi connectivity index (χ4n) is 3.23. The van der Waals surface area contributed by atoms with Gasteiger partial charge in [0, 0.05) is 6.61 Å². The molecule has 1 unspecified atom stereocenters. The molecule has 0 saturated carbocycles. The monoisotopic (exact) mass is 382 g/mol. The molecule has 0 bridgehead atoms. The van der Waals surface area contributed by atoms with Crippen LogP contribution in [0.5, 0.6) is 0 Å². The van der Waals surface area contributed by atoms with Crippen molar-refractivity contribution in [3.63, 3.8) is 0 Å². The Morgan fingerprint density at radius 2 is 1.41 bits per heavy atom. The lowest BCUT2D eigenvalue weighted by Crippen LogP contribution is -2.40. The number of aryl methyl sites for hydroxylation is 1. The van der Waals surface area contributed by atoms with Crippen LogP contribution in [0.3, 0.4) is 0 Å². The summed E-state index contributed by atoms with van der Waals surface area (Å²) in [7, 11) is -1.61. The molecule has 0 spiro atoms. The number of rotatable bonds is 10. The van der Waals surface area contributed by atoms with Crippen molar-refractivity contribution in [3.05, 3.63) is 71.8 Å². The Kier molecular flexibility index (Phi) is 8.31. The fraction of sp³-hybridized carbons (Fsp3) is 0.520. The van der Waals surface area contributed by atoms with E-state index < -0.39 is 8.32 Å². The van der Waals surface area contributed by atoms with Crippen molar-refractivity contribution in [3.8, 4) is 0 Å². The third kappa shape index (κ3) is 7.27. The van der Waals surface area contributed by atoms with Crippen LogP contribution in [-0.4, -0.2) is 14.9 Å². The topological polar surface area (TPSA) is 9.23 Å². The zero-order valence-electron chi connectivity index (χ0n) is 18.0. The summed E-state index contributed by atoms with van der Waals surface area (Å²) in [5.74, 6) is 0.638. The smallest absolute Gasteiger partial charge is 0.191 e. The van der Waals surface area contributed by atoms with Gasteiger partial charge in [-0.1, -0.05) is 87.9 Å². The van der Waals surface area contributed by atoms with Crippen molar-refractivity contribution < 1.29 is 4.43 Å². The van der Waals surface area contributed by atoms with Crippen LogP contribution >= 0.6 is 0 Å². The van der Waals surface area contributed by atoms with Gasteiger partial charge < -0.3 is 4.43 Å². The molecule has 148 valence electrons. The average Bonchev–Trinajstić information content (AvgIpc) is 2.64. The standard InChI is InChI=1S/C25H38OSi/c1-25(2,3)27(4,5)26-21-13-12-18-24(23-16-10-7-11-17-23)20-19-22-14-8-6-9-15-22/h6-11,14-17,24H,12-13,18-21H2,1-5H3. The van der Waals surface area contributed by atoms with Crippen LogP contribution in [0.2, 0.25) is 18.1 Å². The van der Waals surface area contributed by atoms with Crippen LogP contribution in [0, 0.1) is 0 Å². The van der Waals surface area contributed by atoms with Gasteiger partial charge >= 0.3 is 0 Å². The SMILES string of the molecule is CC(C)(C)[Si](C)(C)OCCCCC(CCc1ccccc1)c1ccccc1. The van der Waals surface area contributed by atoms with Gasteiger partial charge in [-0.05, 0) is 60.9 Å². The number of unbranched alkanes of at least 4 members (excludes halogenated alkanes) is 1. The van der Waals surface area contributed by atoms with E-state index in [0.717, 1.165) is 13.0 Å². The molecule has 1 atom stereocenters. The van der Waals surface area contributed by atoms with E-state index in [1.54, 1.807) is 0 Å². The van der Waals surface area contributed by atoms with Crippen molar-refractivity contribution in [2.45, 2.75) is 76.9 Å². The summed E-state index contributed by atoms with van der Waals surface area (Å²) in [6.45, 7) is 12.5. The lowest BCUT2D eigenvalue weighted by molar-refractivity contribution is 0.276. The van der Waals surface area contributed by atoms with Crippen molar-refractivity contribution in [2.75, 3.05) is 6.61 Å². The molecule has 1 nitrogen and oxygen atoms in total. The molecular weight excluding hydrogens is 344 g/mol. The van der Waals surface area contributed by atoms with Crippen LogP contribution in [0.4, 0.5) is 0 Å². The number of hydrogen-bond donors (Lipinski definition) is 0. The average molecular weight is 383 g/mol. The Morgan fingerprint density at radius 3 is 2.00 bits per heavy atom. The van der Waals surface area contributed by atoms with E-state index in [1.165, 1.54) is 36.8 Å². The van der Waals surface area contributed by atoms with Gasteiger partial charge in [0.1, 0.15) is 0 Å². The molecule has 2 aromatic rings. The van der Waals surface area contributed by atoms with E-state index in [9.17, 15) is 0 Å². The first kappa shape index (κ1) is 21.9. The Morgan fingerprint density at radius 1 is 0.815 bits per heavy atom. The van der Waals surface area contributed by atoms with Gasteiger partial charge in [-0.15, -0.1) is 0 Å². The minimum atomic E-state index is -1.61. The zero-order chi connectivity index (χ0) is 19.8. The van der Waals surface area contributed by atoms with E-state index in [-0.39, 0.29) is 0 Å². The molecule has 0 heterocycles. The summed E-state index contributed by atoms with van der Waals surface area (Å²) < 4.78 is 6.35. The molecule has 27 heavy (non-hydrogen) atoms. The van der Waals surface area contributed by atoms with Gasteiger partial charge in [0.25, 0.3) is 0 Å². The Balaban J connectivity index is 1.84. The maximum absolute atomic E-state index is 6.35. The summed E-state index contributed by atoms with van der Waals surface area (Å²) in [6, 6.07) is 21.9. The van der Waals surface area contributed by atoms with E-state index in [1.807, 2.05) is 0 Å². The maximum Gasteiger partial charge on any atom is 0.191 e. The van der Waals surface area contributed by atoms with E-state index in [0.29, 0.717) is 11.0 Å². The third-order valence-corrected chi connectivity index (χ3v) is 10.6. The fourth-order valence-corrected chi connectivity index (χ4v) is 4.31. The van der Waals surface area contributed by atoms with Gasteiger partial charge in [-0.2, -0.15) is 0 Å². The van der Waals surface area contributed by atoms with E-state index in [2.05, 4.69) is 94.5 Å². The summed E-state index contributed by atoms with van der Waals surface area (Å²) in [6.07, 6.45) is 6.03. The Bertz CT molecular complexity index is 643. The summed E-state index contributed by atoms with van der Waals surface area (Å²) in [5, 5.41) is 0.301. The first-order valence-corrected chi connectivity index (χ1v) is 13.4. The van der Waals surface area contributed by atoms with Crippen LogP contribution in [0.1, 0.15) is 63.5 Å². The molecular formula is C25H38OSi. The molecule has 0 saturated heterocycles. The summed E-state index contributed by atoms with van der Waals surface area (Å²) in [5.41, 5.74) is 2.93. The minimum Gasteiger partial charge on any atom is -0.417 e. The van der Waals surface area contributed by atoms with Gasteiger partial charge in [-0.25, -0.2) is 0 Å². The van der Waals surface area contributed by atoms with Crippen LogP contribution in [0.15, 0.2) is 60.7 Å². The summed E-state index contributed by atoms with van der Waals surface area (Å²) in [4.78, 5) is 0. The highest BCUT2D eigenvalue weighted by atomic mass is 28.4. The van der Waals surface area contributed by atoms with Crippen molar-refractivity contribution in [1.82, 2.24) is 0 Å². The summed E-state index contributed by atoms with van der Waals surface area (Å²) >= 11 is 0. The Hall–Kier alpha value is -1.38. The predicted molar refractivity (Wildman–Crippen MR) is 121 cm³/mol. The Labute approximate surface area is 168 Å². The second-order valence-electron chi connectivity index (χ2n) is 9.24. The quantitative estimate of drug-likeness (QED) is 0.304. The molecule has 0 aliphatic carbocycles. The zero-order valence-corrected chi connectivity index (χ0v) is 19.0. The molecule has 2 heteroatoms. The second-order valence-corrected chi connectivity index (χ2v) is 14.0. The van der Waals surface area contributed by atoms with Crippen LogP contribution < -0.4 is 0 Å². The molecule has 0 N–H and O–H groups in total. The lowest BCUT2D eigenvalue weighted by Gasteiger charge is -2.36. The highest BCUT2D eigenvalue weighted by molar-refractivity contribution is 6.74. The van der Waals surface area contributed by atoms with Crippen molar-refractivity contribution in [1.29, 1.82) is 0 Å². The van der Waals surface area contributed by atoms with Crippen LogP contribution in [-0.2, 0) is 10.8 Å². The van der Waals surface area contributed by atoms with Crippen molar-refractivity contribution >= 4 is 8.32 Å².